The van der Waals surface area contributed by atoms with Crippen molar-refractivity contribution in [2.45, 2.75) is 24.3 Å². The molecule has 0 aliphatic carbocycles. The van der Waals surface area contributed by atoms with Crippen LogP contribution in [0, 0.1) is 0 Å². The Hall–Kier alpha value is -0.780. The highest BCUT2D eigenvalue weighted by atomic mass is 79.9. The van der Waals surface area contributed by atoms with Crippen molar-refractivity contribution < 1.29 is 13.2 Å². The largest absolute Gasteiger partial charge is 0.433 e. The molecule has 0 radical (unpaired) electrons. The predicted octanol–water partition coefficient (Wildman–Crippen LogP) is 3.71. The SMILES string of the molecule is CC(Br)CCN(C)c1cccc(C(F)(F)F)n1. The van der Waals surface area contributed by atoms with E-state index in [4.69, 9.17) is 0 Å². The topological polar surface area (TPSA) is 16.1 Å². The van der Waals surface area contributed by atoms with Gasteiger partial charge in [-0.05, 0) is 18.6 Å². The molecule has 2 nitrogen and oxygen atoms in total. The Balaban J connectivity index is 2.77. The van der Waals surface area contributed by atoms with E-state index < -0.39 is 11.9 Å². The summed E-state index contributed by atoms with van der Waals surface area (Å²) in [4.78, 5) is 5.65. The Morgan fingerprint density at radius 3 is 2.59 bits per heavy atom. The number of hydrogen-bond acceptors (Lipinski definition) is 2. The minimum Gasteiger partial charge on any atom is -0.360 e. The molecule has 0 saturated heterocycles. The van der Waals surface area contributed by atoms with Crippen LogP contribution in [-0.2, 0) is 6.18 Å². The summed E-state index contributed by atoms with van der Waals surface area (Å²) < 4.78 is 37.4. The second-order valence-electron chi connectivity index (χ2n) is 3.87. The first kappa shape index (κ1) is 14.3. The van der Waals surface area contributed by atoms with Crippen molar-refractivity contribution in [2.24, 2.45) is 0 Å². The zero-order valence-corrected chi connectivity index (χ0v) is 11.2. The Morgan fingerprint density at radius 1 is 1.41 bits per heavy atom. The van der Waals surface area contributed by atoms with Gasteiger partial charge >= 0.3 is 6.18 Å². The van der Waals surface area contributed by atoms with Crippen LogP contribution in [0.15, 0.2) is 18.2 Å². The third-order valence-electron chi connectivity index (χ3n) is 2.28. The average Bonchev–Trinajstić information content (AvgIpc) is 2.25. The number of nitrogens with zero attached hydrogens (tertiary/aromatic N) is 2. The molecule has 1 rings (SSSR count). The summed E-state index contributed by atoms with van der Waals surface area (Å²) in [5, 5.41) is 0. The lowest BCUT2D eigenvalue weighted by Gasteiger charge is -2.19. The van der Waals surface area contributed by atoms with Gasteiger partial charge in [0.05, 0.1) is 0 Å². The third-order valence-corrected chi connectivity index (χ3v) is 2.74. The molecular weight excluding hydrogens is 297 g/mol. The fraction of sp³-hybridized carbons (Fsp3) is 0.545. The number of rotatable bonds is 4. The number of halogens is 4. The quantitative estimate of drug-likeness (QED) is 0.788. The minimum atomic E-state index is -4.39. The van der Waals surface area contributed by atoms with Crippen LogP contribution in [0.3, 0.4) is 0 Å². The molecule has 17 heavy (non-hydrogen) atoms. The van der Waals surface area contributed by atoms with Gasteiger partial charge in [-0.25, -0.2) is 4.98 Å². The maximum Gasteiger partial charge on any atom is 0.433 e. The van der Waals surface area contributed by atoms with Crippen molar-refractivity contribution in [3.8, 4) is 0 Å². The molecule has 6 heteroatoms. The Labute approximate surface area is 107 Å². The van der Waals surface area contributed by atoms with Gasteiger partial charge < -0.3 is 4.90 Å². The van der Waals surface area contributed by atoms with E-state index in [9.17, 15) is 13.2 Å². The van der Waals surface area contributed by atoms with E-state index >= 15 is 0 Å². The Bertz CT molecular complexity index is 366. The molecule has 0 bridgehead atoms. The van der Waals surface area contributed by atoms with Crippen LogP contribution in [0.1, 0.15) is 19.0 Å². The van der Waals surface area contributed by atoms with Gasteiger partial charge in [-0.15, -0.1) is 0 Å². The summed E-state index contributed by atoms with van der Waals surface area (Å²) in [5.41, 5.74) is -0.853. The van der Waals surface area contributed by atoms with Crippen LogP contribution in [0.2, 0.25) is 0 Å². The fourth-order valence-corrected chi connectivity index (χ4v) is 1.48. The van der Waals surface area contributed by atoms with Crippen molar-refractivity contribution in [1.29, 1.82) is 0 Å². The van der Waals surface area contributed by atoms with E-state index in [2.05, 4.69) is 20.9 Å². The first-order valence-electron chi connectivity index (χ1n) is 5.20. The van der Waals surface area contributed by atoms with Gasteiger partial charge in [0.1, 0.15) is 11.5 Å². The van der Waals surface area contributed by atoms with E-state index in [1.807, 2.05) is 6.92 Å². The van der Waals surface area contributed by atoms with Crippen LogP contribution in [0.4, 0.5) is 19.0 Å². The van der Waals surface area contributed by atoms with Gasteiger partial charge in [-0.1, -0.05) is 28.9 Å². The number of hydrogen-bond donors (Lipinski definition) is 0. The van der Waals surface area contributed by atoms with Gasteiger partial charge in [0, 0.05) is 18.4 Å². The molecule has 0 amide bonds. The highest BCUT2D eigenvalue weighted by Crippen LogP contribution is 2.28. The van der Waals surface area contributed by atoms with Crippen LogP contribution in [-0.4, -0.2) is 23.4 Å². The molecule has 0 fully saturated rings. The summed E-state index contributed by atoms with van der Waals surface area (Å²) in [7, 11) is 1.73. The van der Waals surface area contributed by atoms with E-state index in [0.29, 0.717) is 17.2 Å². The molecule has 1 unspecified atom stereocenters. The van der Waals surface area contributed by atoms with Crippen molar-refractivity contribution in [3.05, 3.63) is 23.9 Å². The standard InChI is InChI=1S/C11H14BrF3N2/c1-8(12)6-7-17(2)10-5-3-4-9(16-10)11(13,14)15/h3-5,8H,6-7H2,1-2H3. The van der Waals surface area contributed by atoms with Crippen molar-refractivity contribution >= 4 is 21.7 Å². The van der Waals surface area contributed by atoms with E-state index in [1.165, 1.54) is 6.07 Å². The number of aromatic nitrogens is 1. The molecule has 0 aliphatic rings. The van der Waals surface area contributed by atoms with Crippen molar-refractivity contribution in [3.63, 3.8) is 0 Å². The van der Waals surface area contributed by atoms with E-state index in [-0.39, 0.29) is 0 Å². The van der Waals surface area contributed by atoms with Gasteiger partial charge in [-0.3, -0.25) is 0 Å². The predicted molar refractivity (Wildman–Crippen MR) is 65.5 cm³/mol. The molecule has 0 spiro atoms. The Morgan fingerprint density at radius 2 is 2.06 bits per heavy atom. The number of anilines is 1. The van der Waals surface area contributed by atoms with Gasteiger partial charge in [0.2, 0.25) is 0 Å². The van der Waals surface area contributed by atoms with Crippen LogP contribution in [0.5, 0.6) is 0 Å². The fourth-order valence-electron chi connectivity index (χ4n) is 1.28. The monoisotopic (exact) mass is 310 g/mol. The zero-order chi connectivity index (χ0) is 13.1. The number of pyridine rings is 1. The molecule has 1 heterocycles. The average molecular weight is 311 g/mol. The Kier molecular flexibility index (Phi) is 4.80. The zero-order valence-electron chi connectivity index (χ0n) is 9.63. The molecule has 96 valence electrons. The van der Waals surface area contributed by atoms with Crippen molar-refractivity contribution in [1.82, 2.24) is 4.98 Å². The van der Waals surface area contributed by atoms with Gasteiger partial charge in [0.25, 0.3) is 0 Å². The summed E-state index contributed by atoms with van der Waals surface area (Å²) in [5.74, 6) is 0.341. The smallest absolute Gasteiger partial charge is 0.360 e. The maximum atomic E-state index is 12.5. The summed E-state index contributed by atoms with van der Waals surface area (Å²) in [6, 6.07) is 3.93. The molecule has 0 N–H and O–H groups in total. The number of alkyl halides is 4. The lowest BCUT2D eigenvalue weighted by molar-refractivity contribution is -0.141. The molecule has 0 aromatic carbocycles. The highest BCUT2D eigenvalue weighted by Gasteiger charge is 2.32. The molecular formula is C11H14BrF3N2. The second-order valence-corrected chi connectivity index (χ2v) is 5.43. The molecule has 1 aromatic rings. The van der Waals surface area contributed by atoms with Crippen LogP contribution >= 0.6 is 15.9 Å². The molecule has 0 saturated carbocycles. The van der Waals surface area contributed by atoms with E-state index in [1.54, 1.807) is 18.0 Å². The highest BCUT2D eigenvalue weighted by molar-refractivity contribution is 9.09. The van der Waals surface area contributed by atoms with E-state index in [0.717, 1.165) is 12.5 Å². The lowest BCUT2D eigenvalue weighted by atomic mass is 10.3. The molecule has 1 atom stereocenters. The van der Waals surface area contributed by atoms with Crippen molar-refractivity contribution in [2.75, 3.05) is 18.5 Å². The first-order valence-corrected chi connectivity index (χ1v) is 6.11. The first-order chi connectivity index (χ1) is 7.80. The summed E-state index contributed by atoms with van der Waals surface area (Å²) in [6.07, 6.45) is -3.55. The normalized spacial score (nSPS) is 13.5. The van der Waals surface area contributed by atoms with Gasteiger partial charge in [0.15, 0.2) is 0 Å². The van der Waals surface area contributed by atoms with Crippen LogP contribution in [0.25, 0.3) is 0 Å². The maximum absolute atomic E-state index is 12.5. The van der Waals surface area contributed by atoms with Gasteiger partial charge in [-0.2, -0.15) is 13.2 Å². The second kappa shape index (κ2) is 5.71. The minimum absolute atomic E-state index is 0.329. The summed E-state index contributed by atoms with van der Waals surface area (Å²) >= 11 is 3.39. The lowest BCUT2D eigenvalue weighted by Crippen LogP contribution is -2.22. The summed E-state index contributed by atoms with van der Waals surface area (Å²) in [6.45, 7) is 2.65. The third kappa shape index (κ3) is 4.53. The van der Waals surface area contributed by atoms with Crippen LogP contribution < -0.4 is 4.90 Å². The molecule has 0 aliphatic heterocycles. The molecule has 1 aromatic heterocycles.